The summed E-state index contributed by atoms with van der Waals surface area (Å²) < 4.78 is 11.5. The number of morpholine rings is 1. The average molecular weight is 238 g/mol. The molecule has 0 saturated carbocycles. The van der Waals surface area contributed by atoms with E-state index in [1.54, 1.807) is 6.26 Å². The highest BCUT2D eigenvalue weighted by molar-refractivity contribution is 5.20. The topological polar surface area (TPSA) is 37.6 Å². The SMILES string of the molecule is CCNCC1OCCN(C)C1c1occc1C. The first-order chi connectivity index (χ1) is 8.24. The first kappa shape index (κ1) is 12.6. The van der Waals surface area contributed by atoms with Crippen molar-refractivity contribution >= 4 is 0 Å². The zero-order valence-electron chi connectivity index (χ0n) is 10.9. The van der Waals surface area contributed by atoms with Crippen LogP contribution in [0.15, 0.2) is 16.7 Å². The average Bonchev–Trinajstić information content (AvgIpc) is 2.73. The molecule has 1 aliphatic heterocycles. The Labute approximate surface area is 103 Å². The molecule has 0 aromatic carbocycles. The minimum Gasteiger partial charge on any atom is -0.467 e. The van der Waals surface area contributed by atoms with E-state index >= 15 is 0 Å². The van der Waals surface area contributed by atoms with Crippen LogP contribution in [0.4, 0.5) is 0 Å². The van der Waals surface area contributed by atoms with E-state index < -0.39 is 0 Å². The number of likely N-dealkylation sites (N-methyl/N-ethyl adjacent to an activating group) is 2. The van der Waals surface area contributed by atoms with Crippen molar-refractivity contribution in [2.24, 2.45) is 0 Å². The minimum atomic E-state index is 0.165. The maximum Gasteiger partial charge on any atom is 0.126 e. The molecule has 1 fully saturated rings. The molecule has 1 aliphatic rings. The van der Waals surface area contributed by atoms with Crippen LogP contribution >= 0.6 is 0 Å². The highest BCUT2D eigenvalue weighted by Gasteiger charge is 2.34. The second kappa shape index (κ2) is 5.67. The molecule has 0 amide bonds. The molecule has 0 aliphatic carbocycles. The summed E-state index contributed by atoms with van der Waals surface area (Å²) in [6.07, 6.45) is 1.93. The lowest BCUT2D eigenvalue weighted by Crippen LogP contribution is -2.47. The van der Waals surface area contributed by atoms with Gasteiger partial charge >= 0.3 is 0 Å². The van der Waals surface area contributed by atoms with Gasteiger partial charge in [-0.15, -0.1) is 0 Å². The lowest BCUT2D eigenvalue weighted by molar-refractivity contribution is -0.0676. The van der Waals surface area contributed by atoms with Crippen molar-refractivity contribution in [2.75, 3.05) is 33.3 Å². The molecule has 2 heterocycles. The minimum absolute atomic E-state index is 0.165. The molecule has 0 spiro atoms. The summed E-state index contributed by atoms with van der Waals surface area (Å²) in [5.74, 6) is 1.04. The Morgan fingerprint density at radius 2 is 2.35 bits per heavy atom. The van der Waals surface area contributed by atoms with Gasteiger partial charge in [-0.1, -0.05) is 6.92 Å². The van der Waals surface area contributed by atoms with Crippen LogP contribution in [0.1, 0.15) is 24.3 Å². The van der Waals surface area contributed by atoms with Crippen LogP contribution in [-0.2, 0) is 4.74 Å². The number of furan rings is 1. The number of nitrogens with one attached hydrogen (secondary N) is 1. The van der Waals surface area contributed by atoms with E-state index in [0.717, 1.165) is 32.0 Å². The predicted molar refractivity (Wildman–Crippen MR) is 67.1 cm³/mol. The molecule has 1 N–H and O–H groups in total. The number of rotatable bonds is 4. The molecule has 1 aromatic rings. The number of nitrogens with zero attached hydrogens (tertiary/aromatic N) is 1. The Bertz CT molecular complexity index is 351. The zero-order chi connectivity index (χ0) is 12.3. The van der Waals surface area contributed by atoms with Gasteiger partial charge in [0.1, 0.15) is 5.76 Å². The number of ether oxygens (including phenoxy) is 1. The van der Waals surface area contributed by atoms with Gasteiger partial charge in [0.2, 0.25) is 0 Å². The smallest absolute Gasteiger partial charge is 0.126 e. The van der Waals surface area contributed by atoms with Crippen LogP contribution in [0, 0.1) is 6.92 Å². The van der Waals surface area contributed by atoms with E-state index in [2.05, 4.69) is 31.1 Å². The fourth-order valence-electron chi connectivity index (χ4n) is 2.38. The lowest BCUT2D eigenvalue weighted by Gasteiger charge is -2.38. The Hall–Kier alpha value is -0.840. The summed E-state index contributed by atoms with van der Waals surface area (Å²) in [5.41, 5.74) is 1.20. The molecular formula is C13H22N2O2. The third-order valence-electron chi connectivity index (χ3n) is 3.37. The Morgan fingerprint density at radius 3 is 3.00 bits per heavy atom. The molecule has 4 nitrogen and oxygen atoms in total. The predicted octanol–water partition coefficient (Wildman–Crippen LogP) is 1.57. The standard InChI is InChI=1S/C13H22N2O2/c1-4-14-9-11-12(15(3)6-8-16-11)13-10(2)5-7-17-13/h5,7,11-12,14H,4,6,8-9H2,1-3H3. The molecule has 4 heteroatoms. The van der Waals surface area contributed by atoms with Gasteiger partial charge in [-0.05, 0) is 32.1 Å². The van der Waals surface area contributed by atoms with Gasteiger partial charge in [-0.3, -0.25) is 4.90 Å². The molecule has 1 aromatic heterocycles. The first-order valence-electron chi connectivity index (χ1n) is 6.30. The molecule has 2 unspecified atom stereocenters. The van der Waals surface area contributed by atoms with Gasteiger partial charge in [0.05, 0.1) is 25.0 Å². The molecule has 96 valence electrons. The third-order valence-corrected chi connectivity index (χ3v) is 3.37. The molecule has 17 heavy (non-hydrogen) atoms. The van der Waals surface area contributed by atoms with Crippen LogP contribution in [0.2, 0.25) is 0 Å². The summed E-state index contributed by atoms with van der Waals surface area (Å²) in [7, 11) is 2.13. The van der Waals surface area contributed by atoms with Crippen molar-refractivity contribution in [3.8, 4) is 0 Å². The monoisotopic (exact) mass is 238 g/mol. The number of hydrogen-bond donors (Lipinski definition) is 1. The molecule has 0 bridgehead atoms. The van der Waals surface area contributed by atoms with Gasteiger partial charge in [0.15, 0.2) is 0 Å². The zero-order valence-corrected chi connectivity index (χ0v) is 10.9. The molecule has 0 radical (unpaired) electrons. The molecule has 1 saturated heterocycles. The Morgan fingerprint density at radius 1 is 1.53 bits per heavy atom. The van der Waals surface area contributed by atoms with Crippen molar-refractivity contribution in [1.29, 1.82) is 0 Å². The molecular weight excluding hydrogens is 216 g/mol. The number of hydrogen-bond acceptors (Lipinski definition) is 4. The van der Waals surface area contributed by atoms with Crippen LogP contribution in [0.5, 0.6) is 0 Å². The Kier molecular flexibility index (Phi) is 4.20. The fourth-order valence-corrected chi connectivity index (χ4v) is 2.38. The van der Waals surface area contributed by atoms with Crippen molar-refractivity contribution in [2.45, 2.75) is 26.0 Å². The summed E-state index contributed by atoms with van der Waals surface area (Å²) in [5, 5.41) is 3.36. The number of aryl methyl sites for hydroxylation is 1. The summed E-state index contributed by atoms with van der Waals surface area (Å²) in [6.45, 7) is 7.78. The van der Waals surface area contributed by atoms with E-state index in [-0.39, 0.29) is 12.1 Å². The van der Waals surface area contributed by atoms with E-state index in [1.165, 1.54) is 5.56 Å². The first-order valence-corrected chi connectivity index (χ1v) is 6.30. The maximum atomic E-state index is 5.88. The summed E-state index contributed by atoms with van der Waals surface area (Å²) in [4.78, 5) is 2.32. The highest BCUT2D eigenvalue weighted by Crippen LogP contribution is 2.30. The van der Waals surface area contributed by atoms with E-state index in [1.807, 2.05) is 6.07 Å². The summed E-state index contributed by atoms with van der Waals surface area (Å²) in [6, 6.07) is 2.24. The second-order valence-corrected chi connectivity index (χ2v) is 4.61. The highest BCUT2D eigenvalue weighted by atomic mass is 16.5. The summed E-state index contributed by atoms with van der Waals surface area (Å²) >= 11 is 0. The third kappa shape index (κ3) is 2.70. The lowest BCUT2D eigenvalue weighted by atomic mass is 10.0. The van der Waals surface area contributed by atoms with Gasteiger partial charge in [-0.2, -0.15) is 0 Å². The van der Waals surface area contributed by atoms with Crippen molar-refractivity contribution < 1.29 is 9.15 Å². The van der Waals surface area contributed by atoms with Gasteiger partial charge in [0, 0.05) is 13.1 Å². The van der Waals surface area contributed by atoms with E-state index in [0.29, 0.717) is 0 Å². The van der Waals surface area contributed by atoms with Crippen molar-refractivity contribution in [3.05, 3.63) is 23.7 Å². The van der Waals surface area contributed by atoms with Crippen LogP contribution < -0.4 is 5.32 Å². The van der Waals surface area contributed by atoms with Crippen LogP contribution in [0.3, 0.4) is 0 Å². The van der Waals surface area contributed by atoms with Gasteiger partial charge in [0.25, 0.3) is 0 Å². The molecule has 2 rings (SSSR count). The largest absolute Gasteiger partial charge is 0.467 e. The Balaban J connectivity index is 2.16. The maximum absolute atomic E-state index is 5.88. The van der Waals surface area contributed by atoms with Crippen LogP contribution in [-0.4, -0.2) is 44.3 Å². The van der Waals surface area contributed by atoms with Crippen LogP contribution in [0.25, 0.3) is 0 Å². The fraction of sp³-hybridized carbons (Fsp3) is 0.692. The van der Waals surface area contributed by atoms with Crippen molar-refractivity contribution in [1.82, 2.24) is 10.2 Å². The van der Waals surface area contributed by atoms with Gasteiger partial charge in [-0.25, -0.2) is 0 Å². The normalized spacial score (nSPS) is 26.3. The quantitative estimate of drug-likeness (QED) is 0.864. The second-order valence-electron chi connectivity index (χ2n) is 4.61. The van der Waals surface area contributed by atoms with Gasteiger partial charge < -0.3 is 14.5 Å². The molecule has 2 atom stereocenters. The van der Waals surface area contributed by atoms with E-state index in [4.69, 9.17) is 9.15 Å². The van der Waals surface area contributed by atoms with E-state index in [9.17, 15) is 0 Å². The van der Waals surface area contributed by atoms with Crippen molar-refractivity contribution in [3.63, 3.8) is 0 Å².